The van der Waals surface area contributed by atoms with E-state index in [-0.39, 0.29) is 5.41 Å². The SMILES string of the molecule is CCC(O)(c1cccc(Br)c1)C1(CN)CCOCC1. The van der Waals surface area contributed by atoms with Gasteiger partial charge in [-0.2, -0.15) is 0 Å². The molecule has 0 aliphatic carbocycles. The lowest BCUT2D eigenvalue weighted by atomic mass is 9.63. The molecule has 3 nitrogen and oxygen atoms in total. The van der Waals surface area contributed by atoms with Crippen LogP contribution in [0.2, 0.25) is 0 Å². The van der Waals surface area contributed by atoms with Crippen LogP contribution in [0.3, 0.4) is 0 Å². The van der Waals surface area contributed by atoms with E-state index in [4.69, 9.17) is 10.5 Å². The average Bonchev–Trinajstić information content (AvgIpc) is 2.47. The molecule has 1 heterocycles. The molecule has 0 spiro atoms. The minimum Gasteiger partial charge on any atom is -0.385 e. The van der Waals surface area contributed by atoms with Crippen LogP contribution >= 0.6 is 15.9 Å². The van der Waals surface area contributed by atoms with E-state index in [2.05, 4.69) is 15.9 Å². The zero-order chi connectivity index (χ0) is 13.9. The molecule has 106 valence electrons. The van der Waals surface area contributed by atoms with E-state index in [1.165, 1.54) is 0 Å². The molecule has 1 atom stereocenters. The molecule has 1 aliphatic rings. The number of rotatable bonds is 4. The van der Waals surface area contributed by atoms with Crippen LogP contribution in [0.15, 0.2) is 28.7 Å². The number of benzene rings is 1. The number of aliphatic hydroxyl groups is 1. The first kappa shape index (κ1) is 15.0. The van der Waals surface area contributed by atoms with E-state index in [0.717, 1.165) is 22.9 Å². The van der Waals surface area contributed by atoms with Crippen LogP contribution in [0.25, 0.3) is 0 Å². The molecule has 0 bridgehead atoms. The lowest BCUT2D eigenvalue weighted by Gasteiger charge is -2.49. The van der Waals surface area contributed by atoms with Gasteiger partial charge < -0.3 is 15.6 Å². The highest BCUT2D eigenvalue weighted by atomic mass is 79.9. The maximum Gasteiger partial charge on any atom is 0.0964 e. The second-order valence-corrected chi connectivity index (χ2v) is 6.24. The second kappa shape index (κ2) is 5.92. The first-order valence-corrected chi connectivity index (χ1v) is 7.63. The first-order chi connectivity index (χ1) is 9.08. The van der Waals surface area contributed by atoms with Gasteiger partial charge in [-0.3, -0.25) is 0 Å². The molecular formula is C15H22BrNO2. The number of nitrogens with two attached hydrogens (primary N) is 1. The molecule has 0 saturated carbocycles. The molecule has 2 rings (SSSR count). The second-order valence-electron chi connectivity index (χ2n) is 5.32. The van der Waals surface area contributed by atoms with Gasteiger partial charge in [0.15, 0.2) is 0 Å². The summed E-state index contributed by atoms with van der Waals surface area (Å²) in [5, 5.41) is 11.3. The van der Waals surface area contributed by atoms with Crippen molar-refractivity contribution in [3.63, 3.8) is 0 Å². The maximum atomic E-state index is 11.3. The average molecular weight is 328 g/mol. The van der Waals surface area contributed by atoms with Gasteiger partial charge in [-0.05, 0) is 37.0 Å². The maximum absolute atomic E-state index is 11.3. The molecule has 1 aromatic rings. The van der Waals surface area contributed by atoms with Crippen molar-refractivity contribution >= 4 is 15.9 Å². The van der Waals surface area contributed by atoms with E-state index < -0.39 is 5.60 Å². The highest BCUT2D eigenvalue weighted by molar-refractivity contribution is 9.10. The Bertz CT molecular complexity index is 432. The minimum atomic E-state index is -0.894. The zero-order valence-electron chi connectivity index (χ0n) is 11.4. The summed E-state index contributed by atoms with van der Waals surface area (Å²) in [6, 6.07) is 7.92. The van der Waals surface area contributed by atoms with Gasteiger partial charge in [-0.1, -0.05) is 35.0 Å². The van der Waals surface area contributed by atoms with Crippen molar-refractivity contribution in [2.45, 2.75) is 31.8 Å². The molecule has 1 aromatic carbocycles. The van der Waals surface area contributed by atoms with Gasteiger partial charge in [0.25, 0.3) is 0 Å². The van der Waals surface area contributed by atoms with Crippen LogP contribution in [0, 0.1) is 5.41 Å². The molecule has 1 fully saturated rings. The summed E-state index contributed by atoms with van der Waals surface area (Å²) in [5.41, 5.74) is 5.81. The van der Waals surface area contributed by atoms with Crippen LogP contribution in [-0.4, -0.2) is 24.9 Å². The van der Waals surface area contributed by atoms with Gasteiger partial charge in [0.05, 0.1) is 5.60 Å². The van der Waals surface area contributed by atoms with Crippen molar-refractivity contribution in [3.8, 4) is 0 Å². The predicted octanol–water partition coefficient (Wildman–Crippen LogP) is 2.80. The molecule has 3 N–H and O–H groups in total. The minimum absolute atomic E-state index is 0.291. The van der Waals surface area contributed by atoms with Crippen molar-refractivity contribution in [1.29, 1.82) is 0 Å². The predicted molar refractivity (Wildman–Crippen MR) is 79.9 cm³/mol. The molecule has 19 heavy (non-hydrogen) atoms. The number of ether oxygens (including phenoxy) is 1. The Hall–Kier alpha value is -0.420. The summed E-state index contributed by atoms with van der Waals surface area (Å²) >= 11 is 3.48. The quantitative estimate of drug-likeness (QED) is 0.894. The third kappa shape index (κ3) is 2.59. The Morgan fingerprint density at radius 3 is 2.63 bits per heavy atom. The van der Waals surface area contributed by atoms with E-state index in [1.54, 1.807) is 0 Å². The fourth-order valence-electron chi connectivity index (χ4n) is 3.18. The van der Waals surface area contributed by atoms with Crippen LogP contribution in [-0.2, 0) is 10.3 Å². The molecule has 0 aromatic heterocycles. The topological polar surface area (TPSA) is 55.5 Å². The largest absolute Gasteiger partial charge is 0.385 e. The fraction of sp³-hybridized carbons (Fsp3) is 0.600. The molecule has 1 saturated heterocycles. The van der Waals surface area contributed by atoms with Crippen molar-refractivity contribution in [1.82, 2.24) is 0 Å². The summed E-state index contributed by atoms with van der Waals surface area (Å²) in [7, 11) is 0. The summed E-state index contributed by atoms with van der Waals surface area (Å²) in [6.07, 6.45) is 2.27. The Labute approximate surface area is 123 Å². The summed E-state index contributed by atoms with van der Waals surface area (Å²) < 4.78 is 6.43. The Kier molecular flexibility index (Phi) is 4.66. The zero-order valence-corrected chi connectivity index (χ0v) is 12.9. The van der Waals surface area contributed by atoms with Gasteiger partial charge in [0.1, 0.15) is 0 Å². The van der Waals surface area contributed by atoms with Gasteiger partial charge in [0.2, 0.25) is 0 Å². The van der Waals surface area contributed by atoms with Crippen molar-refractivity contribution in [2.75, 3.05) is 19.8 Å². The standard InChI is InChI=1S/C15H22BrNO2/c1-2-15(18,12-4-3-5-13(16)10-12)14(11-17)6-8-19-9-7-14/h3-5,10,18H,2,6-9,11,17H2,1H3. The smallest absolute Gasteiger partial charge is 0.0964 e. The molecule has 0 radical (unpaired) electrons. The lowest BCUT2D eigenvalue weighted by Crippen LogP contribution is -2.53. The van der Waals surface area contributed by atoms with Gasteiger partial charge in [-0.15, -0.1) is 0 Å². The third-order valence-corrected chi connectivity index (χ3v) is 5.03. The van der Waals surface area contributed by atoms with E-state index in [9.17, 15) is 5.11 Å². The van der Waals surface area contributed by atoms with Gasteiger partial charge in [-0.25, -0.2) is 0 Å². The van der Waals surface area contributed by atoms with E-state index >= 15 is 0 Å². The van der Waals surface area contributed by atoms with Crippen LogP contribution in [0.5, 0.6) is 0 Å². The first-order valence-electron chi connectivity index (χ1n) is 6.84. The third-order valence-electron chi connectivity index (χ3n) is 4.53. The molecule has 4 heteroatoms. The summed E-state index contributed by atoms with van der Waals surface area (Å²) in [6.45, 7) is 3.85. The van der Waals surface area contributed by atoms with E-state index in [1.807, 2.05) is 31.2 Å². The number of halogens is 1. The molecule has 0 amide bonds. The molecular weight excluding hydrogens is 306 g/mol. The van der Waals surface area contributed by atoms with Gasteiger partial charge >= 0.3 is 0 Å². The normalized spacial score (nSPS) is 21.9. The van der Waals surface area contributed by atoms with Crippen molar-refractivity contribution in [2.24, 2.45) is 11.1 Å². The highest BCUT2D eigenvalue weighted by Crippen LogP contribution is 2.48. The summed E-state index contributed by atoms with van der Waals surface area (Å²) in [4.78, 5) is 0. The van der Waals surface area contributed by atoms with E-state index in [0.29, 0.717) is 26.2 Å². The highest BCUT2D eigenvalue weighted by Gasteiger charge is 2.50. The van der Waals surface area contributed by atoms with Gasteiger partial charge in [0, 0.05) is 29.6 Å². The molecule has 1 unspecified atom stereocenters. The van der Waals surface area contributed by atoms with Crippen LogP contribution < -0.4 is 5.73 Å². The number of hydrogen-bond acceptors (Lipinski definition) is 3. The van der Waals surface area contributed by atoms with Crippen molar-refractivity contribution < 1.29 is 9.84 Å². The molecule has 1 aliphatic heterocycles. The Balaban J connectivity index is 2.45. The monoisotopic (exact) mass is 327 g/mol. The van der Waals surface area contributed by atoms with Crippen LogP contribution in [0.4, 0.5) is 0 Å². The lowest BCUT2D eigenvalue weighted by molar-refractivity contribution is -0.137. The Morgan fingerprint density at radius 1 is 1.42 bits per heavy atom. The number of hydrogen-bond donors (Lipinski definition) is 2. The van der Waals surface area contributed by atoms with Crippen LogP contribution in [0.1, 0.15) is 31.7 Å². The fourth-order valence-corrected chi connectivity index (χ4v) is 3.58. The summed E-state index contributed by atoms with van der Waals surface area (Å²) in [5.74, 6) is 0. The van der Waals surface area contributed by atoms with Crippen molar-refractivity contribution in [3.05, 3.63) is 34.3 Å². The Morgan fingerprint density at radius 2 is 2.11 bits per heavy atom.